The maximum absolute atomic E-state index is 10.9. The number of hydrogen-bond donors (Lipinski definition) is 0. The van der Waals surface area contributed by atoms with Crippen LogP contribution in [0.2, 0.25) is 0 Å². The molecule has 160 valence electrons. The van der Waals surface area contributed by atoms with Crippen molar-refractivity contribution in [3.8, 4) is 0 Å². The summed E-state index contributed by atoms with van der Waals surface area (Å²) in [5.41, 5.74) is 0. The molecule has 1 heterocycles. The van der Waals surface area contributed by atoms with Crippen LogP contribution in [0.25, 0.3) is 0 Å². The first-order valence-corrected chi connectivity index (χ1v) is 11.2. The van der Waals surface area contributed by atoms with Crippen LogP contribution in [0.15, 0.2) is 0 Å². The number of hydrogen-bond acceptors (Lipinski definition) is 5. The molecule has 2 atom stereocenters. The summed E-state index contributed by atoms with van der Waals surface area (Å²) in [5, 5.41) is 10.9. The largest absolute Gasteiger partial charge is 1.00 e. The zero-order chi connectivity index (χ0) is 19.8. The summed E-state index contributed by atoms with van der Waals surface area (Å²) in [4.78, 5) is 10.9. The van der Waals surface area contributed by atoms with Crippen molar-refractivity contribution < 1.29 is 53.7 Å². The first-order valence-electron chi connectivity index (χ1n) is 11.2. The predicted molar refractivity (Wildman–Crippen MR) is 105 cm³/mol. The third-order valence-electron chi connectivity index (χ3n) is 5.25. The van der Waals surface area contributed by atoms with Crippen LogP contribution in [-0.4, -0.2) is 37.7 Å². The van der Waals surface area contributed by atoms with Gasteiger partial charge in [0.15, 0.2) is 0 Å². The number of carbonyl (C=O) groups is 1. The Morgan fingerprint density at radius 2 is 1.39 bits per heavy atom. The minimum atomic E-state index is -1.62. The standard InChI is InChI=1S/C22H42O5.Na/c1-3-4-5-6-7-8-9-10-11-12-13-14-15-16-17-25-18-20-19-26-22(2,27-20)21(23)24;/h20H,3-19H2,1-2H3,(H,23,24);/q;+1/p-1. The summed E-state index contributed by atoms with van der Waals surface area (Å²) in [5.74, 6) is -2.96. The molecule has 0 aromatic heterocycles. The molecule has 1 rings (SSSR count). The Labute approximate surface area is 194 Å². The molecule has 0 saturated carbocycles. The Morgan fingerprint density at radius 3 is 1.82 bits per heavy atom. The third-order valence-corrected chi connectivity index (χ3v) is 5.25. The van der Waals surface area contributed by atoms with Gasteiger partial charge in [0, 0.05) is 6.61 Å². The number of ether oxygens (including phenoxy) is 3. The van der Waals surface area contributed by atoms with E-state index in [4.69, 9.17) is 14.2 Å². The number of carboxylic acids is 1. The van der Waals surface area contributed by atoms with Gasteiger partial charge in [0.25, 0.3) is 0 Å². The number of unbranched alkanes of at least 4 members (excludes halogenated alkanes) is 13. The zero-order valence-electron chi connectivity index (χ0n) is 18.6. The second-order valence-corrected chi connectivity index (χ2v) is 7.96. The molecule has 0 N–H and O–H groups in total. The molecule has 1 fully saturated rings. The van der Waals surface area contributed by atoms with Gasteiger partial charge in [-0.05, 0) is 13.3 Å². The van der Waals surface area contributed by atoms with Gasteiger partial charge in [0.2, 0.25) is 5.79 Å². The molecule has 1 aliphatic rings. The molecule has 2 unspecified atom stereocenters. The Hall–Kier alpha value is 0.350. The topological polar surface area (TPSA) is 67.8 Å². The van der Waals surface area contributed by atoms with Crippen LogP contribution in [0.5, 0.6) is 0 Å². The fourth-order valence-electron chi connectivity index (χ4n) is 3.44. The number of carbonyl (C=O) groups excluding carboxylic acids is 1. The van der Waals surface area contributed by atoms with Gasteiger partial charge in [0.05, 0.1) is 13.2 Å². The Morgan fingerprint density at radius 1 is 0.929 bits per heavy atom. The van der Waals surface area contributed by atoms with Crippen molar-refractivity contribution in [2.45, 2.75) is 116 Å². The van der Waals surface area contributed by atoms with Crippen molar-refractivity contribution in [3.05, 3.63) is 0 Å². The van der Waals surface area contributed by atoms with E-state index >= 15 is 0 Å². The third kappa shape index (κ3) is 13.6. The monoisotopic (exact) mass is 408 g/mol. The SMILES string of the molecule is CCCCCCCCCCCCCCCCOCC1COC(C)(C(=O)[O-])O1.[Na+]. The zero-order valence-corrected chi connectivity index (χ0v) is 20.6. The van der Waals surface area contributed by atoms with Crippen molar-refractivity contribution in [1.29, 1.82) is 0 Å². The maximum Gasteiger partial charge on any atom is 1.00 e. The molecular formula is C22H41NaO5. The van der Waals surface area contributed by atoms with Gasteiger partial charge >= 0.3 is 29.6 Å². The maximum atomic E-state index is 10.9. The quantitative estimate of drug-likeness (QED) is 0.253. The molecule has 0 bridgehead atoms. The van der Waals surface area contributed by atoms with E-state index in [1.165, 1.54) is 90.4 Å². The molecule has 0 aliphatic carbocycles. The number of carboxylic acid groups (broad SMARTS) is 1. The molecule has 5 nitrogen and oxygen atoms in total. The molecule has 28 heavy (non-hydrogen) atoms. The normalized spacial score (nSPS) is 21.6. The molecule has 1 saturated heterocycles. The van der Waals surface area contributed by atoms with Crippen LogP contribution in [-0.2, 0) is 19.0 Å². The fourth-order valence-corrected chi connectivity index (χ4v) is 3.44. The van der Waals surface area contributed by atoms with E-state index < -0.39 is 11.8 Å². The minimum Gasteiger partial charge on any atom is -0.544 e. The molecule has 0 radical (unpaired) electrons. The molecule has 0 spiro atoms. The predicted octanol–water partition coefficient (Wildman–Crippen LogP) is 1.37. The molecule has 0 aromatic rings. The molecule has 0 aromatic carbocycles. The molecule has 1 aliphatic heterocycles. The second kappa shape index (κ2) is 18.1. The van der Waals surface area contributed by atoms with Crippen molar-refractivity contribution >= 4 is 5.97 Å². The molecular weight excluding hydrogens is 367 g/mol. The summed E-state index contributed by atoms with van der Waals surface area (Å²) >= 11 is 0. The van der Waals surface area contributed by atoms with Crippen LogP contribution in [0.1, 0.15) is 104 Å². The number of rotatable bonds is 18. The molecule has 0 amide bonds. The Bertz CT molecular complexity index is 380. The van der Waals surface area contributed by atoms with Gasteiger partial charge in [-0.25, -0.2) is 0 Å². The van der Waals surface area contributed by atoms with Gasteiger partial charge in [0.1, 0.15) is 12.1 Å². The Kier molecular flexibility index (Phi) is 18.4. The Balaban J connectivity index is 0.00000729. The van der Waals surface area contributed by atoms with Crippen molar-refractivity contribution in [3.63, 3.8) is 0 Å². The van der Waals surface area contributed by atoms with E-state index in [2.05, 4.69) is 6.92 Å². The van der Waals surface area contributed by atoms with Crippen molar-refractivity contribution in [1.82, 2.24) is 0 Å². The van der Waals surface area contributed by atoms with E-state index in [-0.39, 0.29) is 42.3 Å². The first-order chi connectivity index (χ1) is 13.1. The van der Waals surface area contributed by atoms with Crippen LogP contribution >= 0.6 is 0 Å². The summed E-state index contributed by atoms with van der Waals surface area (Å²) in [6, 6.07) is 0. The number of aliphatic carboxylic acids is 1. The summed E-state index contributed by atoms with van der Waals surface area (Å²) in [6.07, 6.45) is 18.4. The van der Waals surface area contributed by atoms with E-state index in [1.807, 2.05) is 0 Å². The minimum absolute atomic E-state index is 0. The smallest absolute Gasteiger partial charge is 0.544 e. The summed E-state index contributed by atoms with van der Waals surface area (Å²) in [6.45, 7) is 4.95. The molecule has 6 heteroatoms. The van der Waals surface area contributed by atoms with E-state index in [0.29, 0.717) is 13.2 Å². The fraction of sp³-hybridized carbons (Fsp3) is 0.955. The second-order valence-electron chi connectivity index (χ2n) is 7.96. The van der Waals surface area contributed by atoms with Gasteiger partial charge in [-0.1, -0.05) is 90.4 Å². The van der Waals surface area contributed by atoms with E-state index in [1.54, 1.807) is 0 Å². The van der Waals surface area contributed by atoms with Gasteiger partial charge in [-0.2, -0.15) is 0 Å². The average Bonchev–Trinajstić information content (AvgIpc) is 3.04. The van der Waals surface area contributed by atoms with Crippen LogP contribution in [0.3, 0.4) is 0 Å². The van der Waals surface area contributed by atoms with Crippen LogP contribution < -0.4 is 34.7 Å². The van der Waals surface area contributed by atoms with E-state index in [9.17, 15) is 9.90 Å². The summed E-state index contributed by atoms with van der Waals surface area (Å²) in [7, 11) is 0. The van der Waals surface area contributed by atoms with Crippen LogP contribution in [0, 0.1) is 0 Å². The van der Waals surface area contributed by atoms with Gasteiger partial charge < -0.3 is 24.1 Å². The first kappa shape index (κ1) is 28.4. The van der Waals surface area contributed by atoms with Gasteiger partial charge in [-0.3, -0.25) is 0 Å². The van der Waals surface area contributed by atoms with Crippen molar-refractivity contribution in [2.24, 2.45) is 0 Å². The summed E-state index contributed by atoms with van der Waals surface area (Å²) < 4.78 is 16.0. The van der Waals surface area contributed by atoms with Crippen molar-refractivity contribution in [2.75, 3.05) is 19.8 Å². The average molecular weight is 409 g/mol. The van der Waals surface area contributed by atoms with E-state index in [0.717, 1.165) is 6.42 Å². The van der Waals surface area contributed by atoms with Gasteiger partial charge in [-0.15, -0.1) is 0 Å². The van der Waals surface area contributed by atoms with Crippen LogP contribution in [0.4, 0.5) is 0 Å².